The average molecular weight is 750 g/mol. The molecule has 0 saturated heterocycles. The minimum Gasteiger partial charge on any atom is -0.248 e. The SMILES string of the molecule is c1ccc(-c2cccc(-c3cc(-c4ccc(-c5cc6ccccc6c6c5-c5ccccc5C6(c5ccccc5)c5ccccc5)cc4)cc(-c4ccccc4)n3)c2)cc1. The summed E-state index contributed by atoms with van der Waals surface area (Å²) in [4.78, 5) is 5.25. The summed E-state index contributed by atoms with van der Waals surface area (Å²) >= 11 is 0. The van der Waals surface area contributed by atoms with Crippen molar-refractivity contribution in [2.75, 3.05) is 0 Å². The summed E-state index contributed by atoms with van der Waals surface area (Å²) in [6.45, 7) is 0. The number of hydrogen-bond acceptors (Lipinski definition) is 1. The van der Waals surface area contributed by atoms with Crippen molar-refractivity contribution in [1.29, 1.82) is 0 Å². The van der Waals surface area contributed by atoms with Crippen molar-refractivity contribution >= 4 is 10.8 Å². The van der Waals surface area contributed by atoms with Crippen LogP contribution in [0, 0.1) is 0 Å². The van der Waals surface area contributed by atoms with E-state index < -0.39 is 5.41 Å². The summed E-state index contributed by atoms with van der Waals surface area (Å²) in [5.41, 5.74) is 18.5. The predicted molar refractivity (Wildman–Crippen MR) is 246 cm³/mol. The second-order valence-electron chi connectivity index (χ2n) is 15.4. The quantitative estimate of drug-likeness (QED) is 0.158. The summed E-state index contributed by atoms with van der Waals surface area (Å²) in [7, 11) is 0. The lowest BCUT2D eigenvalue weighted by atomic mass is 9.66. The Morgan fingerprint density at radius 1 is 0.305 bits per heavy atom. The molecule has 0 spiro atoms. The molecule has 0 unspecified atom stereocenters. The van der Waals surface area contributed by atoms with Crippen LogP contribution in [-0.4, -0.2) is 4.98 Å². The Hall–Kier alpha value is -7.61. The van der Waals surface area contributed by atoms with E-state index in [4.69, 9.17) is 4.98 Å². The fraction of sp³-hybridized carbons (Fsp3) is 0.0172. The van der Waals surface area contributed by atoms with Crippen LogP contribution in [0.2, 0.25) is 0 Å². The molecule has 276 valence electrons. The van der Waals surface area contributed by atoms with E-state index >= 15 is 0 Å². The molecule has 0 radical (unpaired) electrons. The Morgan fingerprint density at radius 2 is 0.814 bits per heavy atom. The smallest absolute Gasteiger partial charge is 0.0719 e. The highest BCUT2D eigenvalue weighted by molar-refractivity contribution is 6.06. The van der Waals surface area contributed by atoms with Crippen LogP contribution in [0.3, 0.4) is 0 Å². The summed E-state index contributed by atoms with van der Waals surface area (Å²) in [5.74, 6) is 0. The van der Waals surface area contributed by atoms with Gasteiger partial charge in [-0.25, -0.2) is 4.98 Å². The fourth-order valence-corrected chi connectivity index (χ4v) is 9.48. The minimum atomic E-state index is -0.497. The zero-order valence-corrected chi connectivity index (χ0v) is 32.5. The molecule has 10 aromatic rings. The van der Waals surface area contributed by atoms with Crippen LogP contribution in [-0.2, 0) is 5.41 Å². The van der Waals surface area contributed by atoms with E-state index in [0.29, 0.717) is 0 Å². The maximum Gasteiger partial charge on any atom is 0.0719 e. The summed E-state index contributed by atoms with van der Waals surface area (Å²) in [6.07, 6.45) is 0. The van der Waals surface area contributed by atoms with Gasteiger partial charge in [0.2, 0.25) is 0 Å². The molecule has 59 heavy (non-hydrogen) atoms. The van der Waals surface area contributed by atoms with E-state index in [1.54, 1.807) is 0 Å². The molecular weight excluding hydrogens is 711 g/mol. The Kier molecular flexibility index (Phi) is 8.45. The number of benzene rings is 9. The molecule has 9 aromatic carbocycles. The van der Waals surface area contributed by atoms with Gasteiger partial charge in [0.05, 0.1) is 16.8 Å². The molecule has 11 rings (SSSR count). The van der Waals surface area contributed by atoms with Crippen LogP contribution in [0.15, 0.2) is 237 Å². The number of nitrogens with zero attached hydrogens (tertiary/aromatic N) is 1. The maximum absolute atomic E-state index is 5.25. The van der Waals surface area contributed by atoms with Gasteiger partial charge in [0, 0.05) is 11.1 Å². The Bertz CT molecular complexity index is 3070. The van der Waals surface area contributed by atoms with E-state index in [9.17, 15) is 0 Å². The van der Waals surface area contributed by atoms with E-state index in [0.717, 1.165) is 33.6 Å². The second-order valence-corrected chi connectivity index (χ2v) is 15.4. The van der Waals surface area contributed by atoms with E-state index in [1.165, 1.54) is 66.4 Å². The number of pyridine rings is 1. The van der Waals surface area contributed by atoms with Crippen molar-refractivity contribution in [2.45, 2.75) is 5.41 Å². The Morgan fingerprint density at radius 3 is 1.51 bits per heavy atom. The van der Waals surface area contributed by atoms with Crippen LogP contribution in [0.25, 0.3) is 77.8 Å². The zero-order valence-electron chi connectivity index (χ0n) is 32.5. The first-order chi connectivity index (χ1) is 29.3. The molecule has 0 saturated carbocycles. The molecule has 1 aliphatic carbocycles. The maximum atomic E-state index is 5.25. The van der Waals surface area contributed by atoms with Crippen molar-refractivity contribution in [2.24, 2.45) is 0 Å². The zero-order chi connectivity index (χ0) is 39.2. The van der Waals surface area contributed by atoms with E-state index in [-0.39, 0.29) is 0 Å². The molecule has 0 amide bonds. The third-order valence-corrected chi connectivity index (χ3v) is 12.1. The first-order valence-electron chi connectivity index (χ1n) is 20.4. The van der Waals surface area contributed by atoms with Crippen molar-refractivity contribution in [3.8, 4) is 67.0 Å². The summed E-state index contributed by atoms with van der Waals surface area (Å²) in [6, 6.07) is 86.0. The lowest BCUT2D eigenvalue weighted by molar-refractivity contribution is 0.775. The predicted octanol–water partition coefficient (Wildman–Crippen LogP) is 14.9. The number of fused-ring (bicyclic) bond motifs is 5. The first kappa shape index (κ1) is 34.6. The molecular formula is C58H39N. The monoisotopic (exact) mass is 749 g/mol. The van der Waals surface area contributed by atoms with Crippen LogP contribution < -0.4 is 0 Å². The molecule has 1 aliphatic rings. The van der Waals surface area contributed by atoms with Crippen molar-refractivity contribution in [3.63, 3.8) is 0 Å². The Labute approximate surface area is 345 Å². The van der Waals surface area contributed by atoms with E-state index in [2.05, 4.69) is 237 Å². The van der Waals surface area contributed by atoms with Gasteiger partial charge in [0.1, 0.15) is 0 Å². The largest absolute Gasteiger partial charge is 0.248 e. The lowest BCUT2D eigenvalue weighted by Gasteiger charge is -2.35. The van der Waals surface area contributed by atoms with Gasteiger partial charge >= 0.3 is 0 Å². The van der Waals surface area contributed by atoms with Crippen LogP contribution in [0.5, 0.6) is 0 Å². The minimum absolute atomic E-state index is 0.497. The molecule has 0 aliphatic heterocycles. The average Bonchev–Trinajstić information content (AvgIpc) is 3.65. The van der Waals surface area contributed by atoms with Crippen molar-refractivity contribution in [3.05, 3.63) is 259 Å². The highest BCUT2D eigenvalue weighted by Gasteiger charge is 2.48. The molecule has 0 fully saturated rings. The molecule has 1 nitrogen and oxygen atoms in total. The van der Waals surface area contributed by atoms with Gasteiger partial charge in [0.15, 0.2) is 0 Å². The molecule has 1 heteroatoms. The highest BCUT2D eigenvalue weighted by atomic mass is 14.7. The lowest BCUT2D eigenvalue weighted by Crippen LogP contribution is -2.28. The van der Waals surface area contributed by atoms with Gasteiger partial charge in [-0.15, -0.1) is 0 Å². The molecule has 1 heterocycles. The van der Waals surface area contributed by atoms with Gasteiger partial charge in [-0.2, -0.15) is 0 Å². The van der Waals surface area contributed by atoms with Crippen LogP contribution in [0.1, 0.15) is 22.3 Å². The molecule has 0 N–H and O–H groups in total. The highest BCUT2D eigenvalue weighted by Crippen LogP contribution is 2.60. The van der Waals surface area contributed by atoms with Crippen molar-refractivity contribution in [1.82, 2.24) is 4.98 Å². The van der Waals surface area contributed by atoms with Gasteiger partial charge < -0.3 is 0 Å². The summed E-state index contributed by atoms with van der Waals surface area (Å²) in [5, 5.41) is 2.51. The standard InChI is InChI=1S/C58H39N/c1-5-18-40(19-6-1)44-23-17-24-46(36-44)55-39-47(38-54(59-55)43-20-7-2-8-21-43)41-32-34-42(35-33-41)52-37-45-22-13-14-29-50(45)57-56(52)51-30-15-16-31-53(51)58(57,48-25-9-3-10-26-48)49-27-11-4-12-28-49/h1-39H. The third-order valence-electron chi connectivity index (χ3n) is 12.1. The van der Waals surface area contributed by atoms with Gasteiger partial charge in [-0.05, 0) is 102 Å². The molecule has 0 bridgehead atoms. The van der Waals surface area contributed by atoms with Crippen LogP contribution in [0.4, 0.5) is 0 Å². The van der Waals surface area contributed by atoms with Crippen LogP contribution >= 0.6 is 0 Å². The van der Waals surface area contributed by atoms with Crippen molar-refractivity contribution < 1.29 is 0 Å². The third kappa shape index (κ3) is 5.82. The first-order valence-corrected chi connectivity index (χ1v) is 20.4. The number of hydrogen-bond donors (Lipinski definition) is 0. The second kappa shape index (κ2) is 14.4. The topological polar surface area (TPSA) is 12.9 Å². The summed E-state index contributed by atoms with van der Waals surface area (Å²) < 4.78 is 0. The molecule has 0 atom stereocenters. The Balaban J connectivity index is 1.10. The van der Waals surface area contributed by atoms with Gasteiger partial charge in [-0.1, -0.05) is 212 Å². The van der Waals surface area contributed by atoms with Gasteiger partial charge in [0.25, 0.3) is 0 Å². The van der Waals surface area contributed by atoms with E-state index in [1.807, 2.05) is 0 Å². The number of aromatic nitrogens is 1. The number of rotatable bonds is 7. The van der Waals surface area contributed by atoms with Gasteiger partial charge in [-0.3, -0.25) is 0 Å². The normalized spacial score (nSPS) is 12.5. The fourth-order valence-electron chi connectivity index (χ4n) is 9.48. The molecule has 1 aromatic heterocycles.